The van der Waals surface area contributed by atoms with E-state index in [9.17, 15) is 0 Å². The molecule has 0 bridgehead atoms. The van der Waals surface area contributed by atoms with Gasteiger partial charge in [-0.25, -0.2) is 0 Å². The van der Waals surface area contributed by atoms with Gasteiger partial charge in [0.15, 0.2) is 0 Å². The van der Waals surface area contributed by atoms with E-state index in [1.54, 1.807) is 0 Å². The second-order valence-corrected chi connectivity index (χ2v) is 5.28. The molecule has 1 unspecified atom stereocenters. The fraction of sp³-hybridized carbons (Fsp3) is 0.625. The summed E-state index contributed by atoms with van der Waals surface area (Å²) in [4.78, 5) is 0. The summed E-state index contributed by atoms with van der Waals surface area (Å²) in [5.74, 6) is 1.80. The Balaban J connectivity index is 1.93. The molecule has 0 amide bonds. The van der Waals surface area contributed by atoms with E-state index in [4.69, 9.17) is 4.74 Å². The van der Waals surface area contributed by atoms with Gasteiger partial charge in [-0.2, -0.15) is 0 Å². The zero-order valence-electron chi connectivity index (χ0n) is 11.6. The molecule has 1 saturated carbocycles. The van der Waals surface area contributed by atoms with Crippen molar-refractivity contribution >= 4 is 0 Å². The van der Waals surface area contributed by atoms with Crippen molar-refractivity contribution in [2.24, 2.45) is 5.92 Å². The zero-order chi connectivity index (χ0) is 12.8. The van der Waals surface area contributed by atoms with Crippen LogP contribution >= 0.6 is 0 Å². The molecule has 1 aliphatic carbocycles. The molecule has 1 aromatic rings. The third kappa shape index (κ3) is 3.49. The second kappa shape index (κ2) is 6.79. The first kappa shape index (κ1) is 13.4. The largest absolute Gasteiger partial charge is 0.493 e. The lowest BCUT2D eigenvalue weighted by Crippen LogP contribution is -2.15. The van der Waals surface area contributed by atoms with Gasteiger partial charge in [-0.1, -0.05) is 31.9 Å². The van der Waals surface area contributed by atoms with Crippen molar-refractivity contribution in [3.8, 4) is 5.75 Å². The Labute approximate surface area is 111 Å². The summed E-state index contributed by atoms with van der Waals surface area (Å²) in [6, 6.07) is 8.95. The van der Waals surface area contributed by atoms with Crippen molar-refractivity contribution in [2.75, 3.05) is 13.7 Å². The number of ether oxygens (including phenoxy) is 1. The number of nitrogens with one attached hydrogen (secondary N) is 1. The Bertz CT molecular complexity index is 354. The number of benzene rings is 1. The van der Waals surface area contributed by atoms with E-state index in [0.717, 1.165) is 24.7 Å². The Morgan fingerprint density at radius 2 is 2.11 bits per heavy atom. The molecule has 0 aromatic heterocycles. The van der Waals surface area contributed by atoms with Crippen molar-refractivity contribution in [3.63, 3.8) is 0 Å². The SMILES string of the molecule is CCC(NC)c1cccc(OCC2CCCC2)c1. The topological polar surface area (TPSA) is 21.3 Å². The minimum atomic E-state index is 0.431. The molecule has 0 radical (unpaired) electrons. The standard InChI is InChI=1S/C16H25NO/c1-3-16(17-2)14-9-6-10-15(11-14)18-12-13-7-4-5-8-13/h6,9-11,13,16-17H,3-5,7-8,12H2,1-2H3. The molecule has 2 rings (SSSR count). The molecule has 1 atom stereocenters. The van der Waals surface area contributed by atoms with E-state index in [-0.39, 0.29) is 0 Å². The average molecular weight is 247 g/mol. The lowest BCUT2D eigenvalue weighted by Gasteiger charge is -2.16. The van der Waals surface area contributed by atoms with Crippen molar-refractivity contribution in [1.82, 2.24) is 5.32 Å². The van der Waals surface area contributed by atoms with Crippen LogP contribution < -0.4 is 10.1 Å². The minimum absolute atomic E-state index is 0.431. The van der Waals surface area contributed by atoms with Gasteiger partial charge in [0, 0.05) is 6.04 Å². The van der Waals surface area contributed by atoms with Gasteiger partial charge < -0.3 is 10.1 Å². The predicted octanol–water partition coefficient (Wildman–Crippen LogP) is 3.93. The van der Waals surface area contributed by atoms with Crippen LogP contribution in [0, 0.1) is 5.92 Å². The van der Waals surface area contributed by atoms with E-state index in [0.29, 0.717) is 6.04 Å². The molecule has 0 saturated heterocycles. The molecule has 2 nitrogen and oxygen atoms in total. The van der Waals surface area contributed by atoms with Gasteiger partial charge in [0.1, 0.15) is 5.75 Å². The fourth-order valence-corrected chi connectivity index (χ4v) is 2.82. The van der Waals surface area contributed by atoms with E-state index in [1.807, 2.05) is 7.05 Å². The highest BCUT2D eigenvalue weighted by Gasteiger charge is 2.15. The highest BCUT2D eigenvalue weighted by molar-refractivity contribution is 5.30. The van der Waals surface area contributed by atoms with Crippen LogP contribution in [0.5, 0.6) is 5.75 Å². The highest BCUT2D eigenvalue weighted by atomic mass is 16.5. The molecule has 1 fully saturated rings. The molecule has 100 valence electrons. The van der Waals surface area contributed by atoms with Crippen LogP contribution in [-0.2, 0) is 0 Å². The quantitative estimate of drug-likeness (QED) is 0.822. The summed E-state index contributed by atoms with van der Waals surface area (Å²) in [5, 5.41) is 3.34. The maximum atomic E-state index is 5.94. The first-order valence-corrected chi connectivity index (χ1v) is 7.23. The van der Waals surface area contributed by atoms with Crippen LogP contribution in [0.1, 0.15) is 50.6 Å². The van der Waals surface area contributed by atoms with Crippen LogP contribution in [-0.4, -0.2) is 13.7 Å². The number of hydrogen-bond donors (Lipinski definition) is 1. The summed E-state index contributed by atoms with van der Waals surface area (Å²) in [6.45, 7) is 3.09. The fourth-order valence-electron chi connectivity index (χ4n) is 2.82. The summed E-state index contributed by atoms with van der Waals surface area (Å²) < 4.78 is 5.94. The molecular formula is C16H25NO. The Kier molecular flexibility index (Phi) is 5.06. The zero-order valence-corrected chi connectivity index (χ0v) is 11.6. The Morgan fingerprint density at radius 3 is 2.78 bits per heavy atom. The Hall–Kier alpha value is -1.02. The first-order valence-electron chi connectivity index (χ1n) is 7.23. The molecule has 1 N–H and O–H groups in total. The Morgan fingerprint density at radius 1 is 1.33 bits per heavy atom. The third-order valence-corrected chi connectivity index (χ3v) is 3.98. The lowest BCUT2D eigenvalue weighted by molar-refractivity contribution is 0.252. The van der Waals surface area contributed by atoms with Crippen LogP contribution in [0.25, 0.3) is 0 Å². The van der Waals surface area contributed by atoms with E-state index < -0.39 is 0 Å². The van der Waals surface area contributed by atoms with Crippen LogP contribution in [0.3, 0.4) is 0 Å². The van der Waals surface area contributed by atoms with Gasteiger partial charge >= 0.3 is 0 Å². The summed E-state index contributed by atoms with van der Waals surface area (Å²) in [7, 11) is 2.01. The van der Waals surface area contributed by atoms with E-state index in [1.165, 1.54) is 31.2 Å². The smallest absolute Gasteiger partial charge is 0.119 e. The molecule has 1 aliphatic rings. The molecule has 2 heteroatoms. The molecule has 0 spiro atoms. The summed E-state index contributed by atoms with van der Waals surface area (Å²) in [6.07, 6.45) is 6.54. The molecule has 1 aromatic carbocycles. The maximum Gasteiger partial charge on any atom is 0.119 e. The third-order valence-electron chi connectivity index (χ3n) is 3.98. The van der Waals surface area contributed by atoms with Crippen molar-refractivity contribution in [1.29, 1.82) is 0 Å². The highest BCUT2D eigenvalue weighted by Crippen LogP contribution is 2.26. The normalized spacial score (nSPS) is 17.9. The van der Waals surface area contributed by atoms with Crippen LogP contribution in [0.15, 0.2) is 24.3 Å². The lowest BCUT2D eigenvalue weighted by atomic mass is 10.0. The monoisotopic (exact) mass is 247 g/mol. The molecule has 18 heavy (non-hydrogen) atoms. The van der Waals surface area contributed by atoms with E-state index >= 15 is 0 Å². The van der Waals surface area contributed by atoms with Crippen molar-refractivity contribution in [3.05, 3.63) is 29.8 Å². The van der Waals surface area contributed by atoms with Gasteiger partial charge in [-0.05, 0) is 49.9 Å². The van der Waals surface area contributed by atoms with Gasteiger partial charge in [0.25, 0.3) is 0 Å². The summed E-state index contributed by atoms with van der Waals surface area (Å²) >= 11 is 0. The van der Waals surface area contributed by atoms with E-state index in [2.05, 4.69) is 36.5 Å². The second-order valence-electron chi connectivity index (χ2n) is 5.28. The number of hydrogen-bond acceptors (Lipinski definition) is 2. The van der Waals surface area contributed by atoms with Crippen molar-refractivity contribution < 1.29 is 4.74 Å². The predicted molar refractivity (Wildman–Crippen MR) is 76.0 cm³/mol. The molecular weight excluding hydrogens is 222 g/mol. The van der Waals surface area contributed by atoms with Gasteiger partial charge in [0.2, 0.25) is 0 Å². The van der Waals surface area contributed by atoms with Crippen LogP contribution in [0.2, 0.25) is 0 Å². The molecule has 0 heterocycles. The molecule has 0 aliphatic heterocycles. The minimum Gasteiger partial charge on any atom is -0.493 e. The van der Waals surface area contributed by atoms with Gasteiger partial charge in [0.05, 0.1) is 6.61 Å². The average Bonchev–Trinajstić information content (AvgIpc) is 2.92. The van der Waals surface area contributed by atoms with Crippen molar-refractivity contribution in [2.45, 2.75) is 45.1 Å². The van der Waals surface area contributed by atoms with Crippen LogP contribution in [0.4, 0.5) is 0 Å². The maximum absolute atomic E-state index is 5.94. The van der Waals surface area contributed by atoms with Gasteiger partial charge in [-0.3, -0.25) is 0 Å². The number of rotatable bonds is 6. The summed E-state index contributed by atoms with van der Waals surface area (Å²) in [5.41, 5.74) is 1.32. The first-order chi connectivity index (χ1) is 8.83. The van der Waals surface area contributed by atoms with Gasteiger partial charge in [-0.15, -0.1) is 0 Å².